The second-order valence-corrected chi connectivity index (χ2v) is 5.22. The molecule has 0 radical (unpaired) electrons. The summed E-state index contributed by atoms with van der Waals surface area (Å²) in [5.41, 5.74) is 1.89. The molecule has 0 unspecified atom stereocenters. The number of likely N-dealkylation sites (tertiary alicyclic amines) is 1. The molecule has 1 saturated heterocycles. The average molecular weight is 261 g/mol. The van der Waals surface area contributed by atoms with E-state index in [1.165, 1.54) is 44.9 Å². The number of carbonyl (C=O) groups excluding carboxylic acids is 1. The first-order chi connectivity index (χ1) is 9.24. The number of nitrogens with zero attached hydrogens (tertiary/aromatic N) is 1. The van der Waals surface area contributed by atoms with Crippen LogP contribution in [-0.4, -0.2) is 30.6 Å². The standard InChI is InChI=1S/C16H23NO2/c1-3-15-6-4-5-11-17(15)12-13-7-9-14(10-8-13)16(18)19-2/h7-10,15H,3-6,11-12H2,1-2H3/t15-/m1/s1. The molecule has 0 aliphatic carbocycles. The van der Waals surface area contributed by atoms with Crippen molar-refractivity contribution in [3.05, 3.63) is 35.4 Å². The highest BCUT2D eigenvalue weighted by Gasteiger charge is 2.20. The first kappa shape index (κ1) is 14.1. The first-order valence-corrected chi connectivity index (χ1v) is 7.16. The van der Waals surface area contributed by atoms with Gasteiger partial charge in [0.25, 0.3) is 0 Å². The van der Waals surface area contributed by atoms with E-state index in [0.717, 1.165) is 6.54 Å². The van der Waals surface area contributed by atoms with Gasteiger partial charge >= 0.3 is 5.97 Å². The quantitative estimate of drug-likeness (QED) is 0.779. The van der Waals surface area contributed by atoms with Crippen molar-refractivity contribution in [1.29, 1.82) is 0 Å². The molecule has 0 amide bonds. The van der Waals surface area contributed by atoms with E-state index in [1.54, 1.807) is 0 Å². The van der Waals surface area contributed by atoms with Gasteiger partial charge in [0.1, 0.15) is 0 Å². The van der Waals surface area contributed by atoms with Crippen molar-refractivity contribution in [2.75, 3.05) is 13.7 Å². The Bertz CT molecular complexity index is 413. The molecule has 3 nitrogen and oxygen atoms in total. The van der Waals surface area contributed by atoms with Crippen LogP contribution in [-0.2, 0) is 11.3 Å². The van der Waals surface area contributed by atoms with Crippen LogP contribution in [0.3, 0.4) is 0 Å². The summed E-state index contributed by atoms with van der Waals surface area (Å²) in [6, 6.07) is 8.49. The number of rotatable bonds is 4. The lowest BCUT2D eigenvalue weighted by molar-refractivity contribution is 0.0600. The van der Waals surface area contributed by atoms with Crippen molar-refractivity contribution < 1.29 is 9.53 Å². The van der Waals surface area contributed by atoms with E-state index in [-0.39, 0.29) is 5.97 Å². The molecule has 0 bridgehead atoms. The number of esters is 1. The second kappa shape index (κ2) is 6.71. The minimum Gasteiger partial charge on any atom is -0.465 e. The zero-order chi connectivity index (χ0) is 13.7. The number of carbonyl (C=O) groups is 1. The minimum atomic E-state index is -0.268. The second-order valence-electron chi connectivity index (χ2n) is 5.22. The maximum Gasteiger partial charge on any atom is 0.337 e. The Balaban J connectivity index is 2.00. The minimum absolute atomic E-state index is 0.268. The average Bonchev–Trinajstić information content (AvgIpc) is 2.48. The first-order valence-electron chi connectivity index (χ1n) is 7.16. The van der Waals surface area contributed by atoms with Gasteiger partial charge < -0.3 is 4.74 Å². The van der Waals surface area contributed by atoms with Crippen LogP contribution in [0.2, 0.25) is 0 Å². The lowest BCUT2D eigenvalue weighted by atomic mass is 9.99. The number of methoxy groups -OCH3 is 1. The molecule has 1 atom stereocenters. The third-order valence-corrected chi connectivity index (χ3v) is 3.98. The van der Waals surface area contributed by atoms with Crippen LogP contribution in [0.4, 0.5) is 0 Å². The largest absolute Gasteiger partial charge is 0.465 e. The van der Waals surface area contributed by atoms with Gasteiger partial charge in [-0.25, -0.2) is 4.79 Å². The molecule has 1 aromatic rings. The van der Waals surface area contributed by atoms with Crippen LogP contribution < -0.4 is 0 Å². The Labute approximate surface area is 115 Å². The van der Waals surface area contributed by atoms with Gasteiger partial charge in [-0.2, -0.15) is 0 Å². The molecule has 0 saturated carbocycles. The smallest absolute Gasteiger partial charge is 0.337 e. The molecule has 0 spiro atoms. The molecule has 1 fully saturated rings. The van der Waals surface area contributed by atoms with Crippen LogP contribution in [0.15, 0.2) is 24.3 Å². The van der Waals surface area contributed by atoms with Crippen LogP contribution in [0, 0.1) is 0 Å². The van der Waals surface area contributed by atoms with Gasteiger partial charge in [-0.15, -0.1) is 0 Å². The molecular formula is C16H23NO2. The summed E-state index contributed by atoms with van der Waals surface area (Å²) >= 11 is 0. The van der Waals surface area contributed by atoms with Crippen LogP contribution in [0.5, 0.6) is 0 Å². The molecule has 1 aliphatic rings. The third-order valence-electron chi connectivity index (χ3n) is 3.98. The van der Waals surface area contributed by atoms with Gasteiger partial charge in [0.05, 0.1) is 12.7 Å². The van der Waals surface area contributed by atoms with Crippen molar-refractivity contribution >= 4 is 5.97 Å². The van der Waals surface area contributed by atoms with Gasteiger partial charge in [0, 0.05) is 12.6 Å². The monoisotopic (exact) mass is 261 g/mol. The fourth-order valence-corrected chi connectivity index (χ4v) is 2.83. The molecule has 0 aromatic heterocycles. The van der Waals surface area contributed by atoms with Crippen LogP contribution in [0.1, 0.15) is 48.5 Å². The SMILES string of the molecule is CC[C@@H]1CCCCN1Cc1ccc(C(=O)OC)cc1. The maximum absolute atomic E-state index is 11.4. The van der Waals surface area contributed by atoms with E-state index in [4.69, 9.17) is 4.74 Å². The zero-order valence-electron chi connectivity index (χ0n) is 11.9. The fourth-order valence-electron chi connectivity index (χ4n) is 2.83. The predicted molar refractivity (Wildman–Crippen MR) is 76.1 cm³/mol. The zero-order valence-corrected chi connectivity index (χ0v) is 11.9. The Kier molecular flexibility index (Phi) is 4.97. The molecular weight excluding hydrogens is 238 g/mol. The summed E-state index contributed by atoms with van der Waals surface area (Å²) in [6.45, 7) is 4.44. The summed E-state index contributed by atoms with van der Waals surface area (Å²) in [5, 5.41) is 0. The Morgan fingerprint density at radius 1 is 1.32 bits per heavy atom. The molecule has 2 rings (SSSR count). The van der Waals surface area contributed by atoms with Gasteiger partial charge in [-0.3, -0.25) is 4.90 Å². The highest BCUT2D eigenvalue weighted by Crippen LogP contribution is 2.21. The van der Waals surface area contributed by atoms with Gasteiger partial charge in [0.2, 0.25) is 0 Å². The van der Waals surface area contributed by atoms with E-state index < -0.39 is 0 Å². The van der Waals surface area contributed by atoms with Crippen molar-refractivity contribution in [3.8, 4) is 0 Å². The summed E-state index contributed by atoms with van der Waals surface area (Å²) in [5.74, 6) is -0.268. The van der Waals surface area contributed by atoms with Crippen molar-refractivity contribution in [1.82, 2.24) is 4.90 Å². The van der Waals surface area contributed by atoms with Crippen molar-refractivity contribution in [3.63, 3.8) is 0 Å². The van der Waals surface area contributed by atoms with Crippen LogP contribution >= 0.6 is 0 Å². The highest BCUT2D eigenvalue weighted by atomic mass is 16.5. The molecule has 19 heavy (non-hydrogen) atoms. The summed E-state index contributed by atoms with van der Waals surface area (Å²) in [7, 11) is 1.41. The van der Waals surface area contributed by atoms with Gasteiger partial charge in [-0.1, -0.05) is 25.5 Å². The Hall–Kier alpha value is -1.35. The number of benzene rings is 1. The number of piperidine rings is 1. The lowest BCUT2D eigenvalue weighted by Crippen LogP contribution is -2.38. The molecule has 1 aliphatic heterocycles. The predicted octanol–water partition coefficient (Wildman–Crippen LogP) is 3.24. The summed E-state index contributed by atoms with van der Waals surface area (Å²) in [4.78, 5) is 13.9. The summed E-state index contributed by atoms with van der Waals surface area (Å²) in [6.07, 6.45) is 5.20. The van der Waals surface area contributed by atoms with E-state index >= 15 is 0 Å². The maximum atomic E-state index is 11.4. The van der Waals surface area contributed by atoms with E-state index in [9.17, 15) is 4.79 Å². The highest BCUT2D eigenvalue weighted by molar-refractivity contribution is 5.89. The van der Waals surface area contributed by atoms with Crippen molar-refractivity contribution in [2.45, 2.75) is 45.2 Å². The lowest BCUT2D eigenvalue weighted by Gasteiger charge is -2.35. The molecule has 3 heteroatoms. The summed E-state index contributed by atoms with van der Waals surface area (Å²) < 4.78 is 4.71. The van der Waals surface area contributed by atoms with Crippen molar-refractivity contribution in [2.24, 2.45) is 0 Å². The van der Waals surface area contributed by atoms with Gasteiger partial charge in [0.15, 0.2) is 0 Å². The van der Waals surface area contributed by atoms with E-state index in [1.807, 2.05) is 24.3 Å². The number of ether oxygens (including phenoxy) is 1. The Morgan fingerprint density at radius 2 is 2.05 bits per heavy atom. The fraction of sp³-hybridized carbons (Fsp3) is 0.562. The molecule has 0 N–H and O–H groups in total. The number of hydrogen-bond acceptors (Lipinski definition) is 3. The van der Waals surface area contributed by atoms with Crippen LogP contribution in [0.25, 0.3) is 0 Å². The molecule has 1 aromatic carbocycles. The molecule has 1 heterocycles. The van der Waals surface area contributed by atoms with Gasteiger partial charge in [-0.05, 0) is 43.5 Å². The van der Waals surface area contributed by atoms with E-state index in [0.29, 0.717) is 11.6 Å². The Morgan fingerprint density at radius 3 is 2.68 bits per heavy atom. The topological polar surface area (TPSA) is 29.5 Å². The van der Waals surface area contributed by atoms with E-state index in [2.05, 4.69) is 11.8 Å². The molecule has 104 valence electrons. The third kappa shape index (κ3) is 3.57. The number of hydrogen-bond donors (Lipinski definition) is 0. The normalized spacial score (nSPS) is 20.2.